The molecule has 1 aliphatic heterocycles. The highest BCUT2D eigenvalue weighted by Gasteiger charge is 2.28. The molecule has 0 bridgehead atoms. The molecule has 4 heteroatoms. The van der Waals surface area contributed by atoms with E-state index in [1.807, 2.05) is 18.2 Å². The lowest BCUT2D eigenvalue weighted by Gasteiger charge is -2.36. The number of Topliss-reactive ketones (excluding diaryl/α,β-unsaturated/α-hetero) is 1. The summed E-state index contributed by atoms with van der Waals surface area (Å²) >= 11 is 0. The van der Waals surface area contributed by atoms with Crippen LogP contribution in [0.4, 0.5) is 5.69 Å². The highest BCUT2D eigenvalue weighted by molar-refractivity contribution is 6.02. The van der Waals surface area contributed by atoms with Crippen molar-refractivity contribution in [2.24, 2.45) is 5.92 Å². The number of hydrogen-bond donors (Lipinski definition) is 0. The number of carbonyl (C=O) groups excluding carboxylic acids is 1. The van der Waals surface area contributed by atoms with Crippen LogP contribution in [0.1, 0.15) is 36.5 Å². The van der Waals surface area contributed by atoms with Gasteiger partial charge in [-0.1, -0.05) is 37.3 Å². The predicted octanol–water partition coefficient (Wildman–Crippen LogP) is 4.49. The Morgan fingerprint density at radius 3 is 2.39 bits per heavy atom. The summed E-state index contributed by atoms with van der Waals surface area (Å²) in [6, 6.07) is 14.5. The second-order valence-corrected chi connectivity index (χ2v) is 7.93. The molecule has 0 spiro atoms. The van der Waals surface area contributed by atoms with Gasteiger partial charge in [0.15, 0.2) is 5.78 Å². The molecule has 148 valence electrons. The van der Waals surface area contributed by atoms with E-state index in [1.54, 1.807) is 7.11 Å². The Bertz CT molecular complexity index is 822. The zero-order valence-electron chi connectivity index (χ0n) is 17.0. The molecule has 2 aliphatic rings. The number of likely N-dealkylation sites (N-methyl/N-ethyl adjacent to an activating group) is 1. The Balaban J connectivity index is 1.74. The van der Waals surface area contributed by atoms with Gasteiger partial charge in [0, 0.05) is 43.9 Å². The van der Waals surface area contributed by atoms with Gasteiger partial charge in [-0.2, -0.15) is 0 Å². The van der Waals surface area contributed by atoms with Gasteiger partial charge >= 0.3 is 0 Å². The molecule has 0 radical (unpaired) electrons. The summed E-state index contributed by atoms with van der Waals surface area (Å²) in [7, 11) is 1.68. The maximum absolute atomic E-state index is 13.1. The van der Waals surface area contributed by atoms with E-state index in [1.165, 1.54) is 12.8 Å². The average Bonchev–Trinajstić information content (AvgIpc) is 3.57. The number of ketones is 1. The van der Waals surface area contributed by atoms with E-state index in [0.29, 0.717) is 18.1 Å². The van der Waals surface area contributed by atoms with Gasteiger partial charge in [-0.05, 0) is 43.0 Å². The van der Waals surface area contributed by atoms with E-state index in [-0.39, 0.29) is 5.78 Å². The number of ether oxygens (including phenoxy) is 1. The van der Waals surface area contributed by atoms with E-state index >= 15 is 0 Å². The van der Waals surface area contributed by atoms with Gasteiger partial charge in [-0.3, -0.25) is 4.79 Å². The molecular formula is C24H30N2O2. The summed E-state index contributed by atoms with van der Waals surface area (Å²) in [5.41, 5.74) is 3.98. The number of benzene rings is 2. The molecule has 0 atom stereocenters. The zero-order valence-corrected chi connectivity index (χ0v) is 17.0. The Hall–Kier alpha value is -2.33. The third kappa shape index (κ3) is 4.07. The van der Waals surface area contributed by atoms with Gasteiger partial charge in [0.25, 0.3) is 0 Å². The van der Waals surface area contributed by atoms with Crippen LogP contribution in [-0.2, 0) is 0 Å². The number of nitrogens with zero attached hydrogens (tertiary/aromatic N) is 2. The maximum atomic E-state index is 13.1. The fraction of sp³-hybridized carbons (Fsp3) is 0.458. The summed E-state index contributed by atoms with van der Waals surface area (Å²) in [5, 5.41) is 0. The first-order valence-corrected chi connectivity index (χ1v) is 10.5. The first kappa shape index (κ1) is 19.0. The SMILES string of the molecule is CCN1CCN(c2cc(C(=O)CC3CC3)c(OC)c(-c3ccccc3)c2)CC1. The van der Waals surface area contributed by atoms with Crippen LogP contribution >= 0.6 is 0 Å². The number of carbonyl (C=O) groups is 1. The van der Waals surface area contributed by atoms with E-state index in [2.05, 4.69) is 41.0 Å². The molecular weight excluding hydrogens is 348 g/mol. The molecule has 1 saturated carbocycles. The van der Waals surface area contributed by atoms with E-state index in [9.17, 15) is 4.79 Å². The van der Waals surface area contributed by atoms with E-state index in [0.717, 1.165) is 55.1 Å². The highest BCUT2D eigenvalue weighted by atomic mass is 16.5. The Morgan fingerprint density at radius 1 is 1.07 bits per heavy atom. The zero-order chi connectivity index (χ0) is 19.5. The number of rotatable bonds is 7. The Kier molecular flexibility index (Phi) is 5.67. The van der Waals surface area contributed by atoms with Crippen LogP contribution < -0.4 is 9.64 Å². The van der Waals surface area contributed by atoms with Crippen molar-refractivity contribution in [1.29, 1.82) is 0 Å². The van der Waals surface area contributed by atoms with Crippen LogP contribution in [0.5, 0.6) is 5.75 Å². The van der Waals surface area contributed by atoms with Crippen LogP contribution in [0, 0.1) is 5.92 Å². The summed E-state index contributed by atoms with van der Waals surface area (Å²) < 4.78 is 5.78. The second-order valence-electron chi connectivity index (χ2n) is 7.93. The summed E-state index contributed by atoms with van der Waals surface area (Å²) in [4.78, 5) is 18.0. The number of methoxy groups -OCH3 is 1. The minimum absolute atomic E-state index is 0.213. The Labute approximate surface area is 168 Å². The lowest BCUT2D eigenvalue weighted by atomic mass is 9.96. The molecule has 4 rings (SSSR count). The molecule has 0 amide bonds. The number of piperazine rings is 1. The van der Waals surface area contributed by atoms with Gasteiger partial charge < -0.3 is 14.5 Å². The molecule has 1 saturated heterocycles. The van der Waals surface area contributed by atoms with Crippen molar-refractivity contribution in [2.45, 2.75) is 26.2 Å². The predicted molar refractivity (Wildman–Crippen MR) is 114 cm³/mol. The molecule has 0 N–H and O–H groups in total. The van der Waals surface area contributed by atoms with Crippen molar-refractivity contribution in [3.63, 3.8) is 0 Å². The second kappa shape index (κ2) is 8.36. The molecule has 28 heavy (non-hydrogen) atoms. The highest BCUT2D eigenvalue weighted by Crippen LogP contribution is 2.40. The largest absolute Gasteiger partial charge is 0.495 e. The molecule has 4 nitrogen and oxygen atoms in total. The van der Waals surface area contributed by atoms with Gasteiger partial charge in [0.05, 0.1) is 12.7 Å². The van der Waals surface area contributed by atoms with Crippen LogP contribution in [0.25, 0.3) is 11.1 Å². The lowest BCUT2D eigenvalue weighted by Crippen LogP contribution is -2.46. The molecule has 0 unspecified atom stereocenters. The normalized spacial score (nSPS) is 17.6. The van der Waals surface area contributed by atoms with Crippen molar-refractivity contribution in [3.8, 4) is 16.9 Å². The summed E-state index contributed by atoms with van der Waals surface area (Å²) in [5.74, 6) is 1.49. The fourth-order valence-corrected chi connectivity index (χ4v) is 4.07. The van der Waals surface area contributed by atoms with Gasteiger partial charge in [-0.15, -0.1) is 0 Å². The van der Waals surface area contributed by atoms with Crippen LogP contribution in [0.2, 0.25) is 0 Å². The first-order valence-electron chi connectivity index (χ1n) is 10.5. The standard InChI is InChI=1S/C24H30N2O2/c1-3-25-11-13-26(14-12-25)20-16-21(19-7-5-4-6-8-19)24(28-2)22(17-20)23(27)15-18-9-10-18/h4-8,16-18H,3,9-15H2,1-2H3. The van der Waals surface area contributed by atoms with Crippen LogP contribution in [0.3, 0.4) is 0 Å². The van der Waals surface area contributed by atoms with Crippen molar-refractivity contribution in [1.82, 2.24) is 4.90 Å². The molecule has 1 aliphatic carbocycles. The number of hydrogen-bond acceptors (Lipinski definition) is 4. The van der Waals surface area contributed by atoms with Gasteiger partial charge in [-0.25, -0.2) is 0 Å². The van der Waals surface area contributed by atoms with E-state index in [4.69, 9.17) is 4.74 Å². The van der Waals surface area contributed by atoms with Gasteiger partial charge in [0.1, 0.15) is 5.75 Å². The summed E-state index contributed by atoms with van der Waals surface area (Å²) in [6.45, 7) is 7.42. The van der Waals surface area contributed by atoms with Crippen LogP contribution in [-0.4, -0.2) is 50.5 Å². The average molecular weight is 379 g/mol. The molecule has 1 heterocycles. The van der Waals surface area contributed by atoms with Crippen molar-refractivity contribution in [2.75, 3.05) is 44.7 Å². The van der Waals surface area contributed by atoms with Crippen molar-refractivity contribution < 1.29 is 9.53 Å². The van der Waals surface area contributed by atoms with Crippen molar-refractivity contribution in [3.05, 3.63) is 48.0 Å². The minimum Gasteiger partial charge on any atom is -0.495 e. The maximum Gasteiger partial charge on any atom is 0.166 e. The molecule has 2 fully saturated rings. The first-order chi connectivity index (χ1) is 13.7. The number of anilines is 1. The molecule has 2 aromatic carbocycles. The van der Waals surface area contributed by atoms with Crippen LogP contribution in [0.15, 0.2) is 42.5 Å². The minimum atomic E-state index is 0.213. The lowest BCUT2D eigenvalue weighted by molar-refractivity contribution is 0.0973. The molecule has 0 aromatic heterocycles. The van der Waals surface area contributed by atoms with E-state index < -0.39 is 0 Å². The quantitative estimate of drug-likeness (QED) is 0.665. The van der Waals surface area contributed by atoms with Gasteiger partial charge in [0.2, 0.25) is 0 Å². The summed E-state index contributed by atoms with van der Waals surface area (Å²) in [6.07, 6.45) is 2.99. The molecule has 2 aromatic rings. The fourth-order valence-electron chi connectivity index (χ4n) is 4.07. The Morgan fingerprint density at radius 2 is 1.79 bits per heavy atom. The smallest absolute Gasteiger partial charge is 0.166 e. The van der Waals surface area contributed by atoms with Crippen molar-refractivity contribution >= 4 is 11.5 Å². The third-order valence-corrected chi connectivity index (χ3v) is 6.02. The monoisotopic (exact) mass is 378 g/mol. The topological polar surface area (TPSA) is 32.8 Å². The third-order valence-electron chi connectivity index (χ3n) is 6.02.